The monoisotopic (exact) mass is 540 g/mol. The Bertz CT molecular complexity index is 134. The first kappa shape index (κ1) is 20.7. The molecule has 0 aromatic rings. The van der Waals surface area contributed by atoms with Gasteiger partial charge < -0.3 is 0 Å². The Morgan fingerprint density at radius 2 is 1.41 bits per heavy atom. The van der Waals surface area contributed by atoms with Crippen LogP contribution in [0.15, 0.2) is 12.2 Å². The molecule has 0 atom stereocenters. The summed E-state index contributed by atoms with van der Waals surface area (Å²) in [7, 11) is 0. The third-order valence-electron chi connectivity index (χ3n) is 2.77. The van der Waals surface area contributed by atoms with Crippen molar-refractivity contribution in [2.24, 2.45) is 0 Å². The predicted molar refractivity (Wildman–Crippen MR) is 86.5 cm³/mol. The molecular formula is C15H31HgI. The second kappa shape index (κ2) is 19.7. The van der Waals surface area contributed by atoms with Crippen molar-refractivity contribution in [3.63, 3.8) is 0 Å². The van der Waals surface area contributed by atoms with Crippen LogP contribution in [0.1, 0.15) is 78.1 Å². The molecule has 0 aliphatic heterocycles. The van der Waals surface area contributed by atoms with E-state index in [-0.39, 0.29) is 20.2 Å². The van der Waals surface area contributed by atoms with Crippen molar-refractivity contribution in [1.82, 2.24) is 0 Å². The molecule has 0 saturated heterocycles. The van der Waals surface area contributed by atoms with Crippen molar-refractivity contribution in [2.45, 2.75) is 82.5 Å². The molecule has 0 unspecified atom stereocenters. The van der Waals surface area contributed by atoms with Crippen molar-refractivity contribution in [3.05, 3.63) is 12.2 Å². The van der Waals surface area contributed by atoms with Crippen molar-refractivity contribution in [3.8, 4) is 0 Å². The molecule has 1 rings (SSSR count). The Balaban J connectivity index is 0. The van der Waals surface area contributed by atoms with Gasteiger partial charge in [-0.05, 0) is 25.7 Å². The van der Waals surface area contributed by atoms with Gasteiger partial charge in [-0.3, -0.25) is 0 Å². The molecule has 1 aliphatic carbocycles. The maximum absolute atomic E-state index is 3.91. The number of hydrogen-bond donors (Lipinski definition) is 0. The Hall–Kier alpha value is 1.41. The summed E-state index contributed by atoms with van der Waals surface area (Å²) in [5.74, 6) is 0. The fraction of sp³-hybridized carbons (Fsp3) is 0.867. The number of unbranched alkanes of at least 4 members (excludes halogenated alkanes) is 4. The topological polar surface area (TPSA) is 0 Å². The van der Waals surface area contributed by atoms with Crippen LogP contribution in [-0.4, -0.2) is 0 Å². The van der Waals surface area contributed by atoms with Crippen LogP contribution in [0.25, 0.3) is 0 Å². The van der Waals surface area contributed by atoms with Crippen LogP contribution in [0.5, 0.6) is 0 Å². The first-order valence-electron chi connectivity index (χ1n) is 7.45. The molecule has 0 radical (unpaired) electrons. The quantitative estimate of drug-likeness (QED) is 0.157. The molecule has 100 valence electrons. The van der Waals surface area contributed by atoms with Gasteiger partial charge in [-0.25, -0.2) is 0 Å². The van der Waals surface area contributed by atoms with Gasteiger partial charge in [0.05, 0.1) is 0 Å². The van der Waals surface area contributed by atoms with Gasteiger partial charge in [-0.1, -0.05) is 64.5 Å². The summed E-state index contributed by atoms with van der Waals surface area (Å²) >= 11 is 2.40. The van der Waals surface area contributed by atoms with E-state index in [4.69, 9.17) is 0 Å². The molecule has 1 aliphatic rings. The van der Waals surface area contributed by atoms with Gasteiger partial charge in [-0.15, -0.1) is 0 Å². The summed E-state index contributed by atoms with van der Waals surface area (Å²) in [6, 6.07) is 0. The van der Waals surface area contributed by atoms with Crippen LogP contribution < -0.4 is 0 Å². The van der Waals surface area contributed by atoms with Crippen LogP contribution in [0.4, 0.5) is 0 Å². The SMILES string of the molecule is C=C1CCCCC1.CCCCCCC.[CH3][Hg][I]. The molecule has 0 heterocycles. The van der Waals surface area contributed by atoms with Gasteiger partial charge in [0.2, 0.25) is 0 Å². The Morgan fingerprint density at radius 1 is 1.00 bits per heavy atom. The zero-order chi connectivity index (χ0) is 13.4. The zero-order valence-corrected chi connectivity index (χ0v) is 20.0. The molecule has 17 heavy (non-hydrogen) atoms. The molecule has 0 bridgehead atoms. The second-order valence-electron chi connectivity index (χ2n) is 4.64. The number of rotatable bonds is 4. The maximum atomic E-state index is 3.91. The van der Waals surface area contributed by atoms with E-state index in [1.165, 1.54) is 69.8 Å². The molecule has 0 aromatic carbocycles. The summed E-state index contributed by atoms with van der Waals surface area (Å²) in [5.41, 5.74) is 1.46. The molecule has 0 aromatic heterocycles. The van der Waals surface area contributed by atoms with Crippen LogP contribution in [-0.2, 0) is 20.2 Å². The van der Waals surface area contributed by atoms with Gasteiger partial charge >= 0.3 is 42.3 Å². The molecule has 1 fully saturated rings. The molecule has 0 spiro atoms. The normalized spacial score (nSPS) is 13.8. The third kappa shape index (κ3) is 23.0. The fourth-order valence-corrected chi connectivity index (χ4v) is 1.73. The average molecular weight is 539 g/mol. The Labute approximate surface area is 131 Å². The fourth-order valence-electron chi connectivity index (χ4n) is 1.73. The number of halogens is 1. The van der Waals surface area contributed by atoms with Crippen molar-refractivity contribution in [2.75, 3.05) is 0 Å². The van der Waals surface area contributed by atoms with Crippen LogP contribution in [0.3, 0.4) is 0 Å². The molecule has 0 N–H and O–H groups in total. The minimum absolute atomic E-state index is 0.113. The molecule has 0 amide bonds. The van der Waals surface area contributed by atoms with E-state index in [0.29, 0.717) is 0 Å². The van der Waals surface area contributed by atoms with E-state index in [2.05, 4.69) is 42.5 Å². The summed E-state index contributed by atoms with van der Waals surface area (Å²) in [4.78, 5) is 0. The summed E-state index contributed by atoms with van der Waals surface area (Å²) in [6.07, 6.45) is 13.8. The van der Waals surface area contributed by atoms with Crippen molar-refractivity contribution >= 4 is 17.7 Å². The first-order valence-corrected chi connectivity index (χ1v) is 28.4. The molecular weight excluding hydrogens is 508 g/mol. The van der Waals surface area contributed by atoms with E-state index < -0.39 is 0 Å². The van der Waals surface area contributed by atoms with Gasteiger partial charge in [-0.2, -0.15) is 0 Å². The Kier molecular flexibility index (Phi) is 24.1. The van der Waals surface area contributed by atoms with Gasteiger partial charge in [0.15, 0.2) is 0 Å². The summed E-state index contributed by atoms with van der Waals surface area (Å²) < 4.78 is 2.33. The van der Waals surface area contributed by atoms with E-state index in [1.807, 2.05) is 0 Å². The van der Waals surface area contributed by atoms with E-state index in [9.17, 15) is 0 Å². The van der Waals surface area contributed by atoms with Gasteiger partial charge in [0, 0.05) is 0 Å². The van der Waals surface area contributed by atoms with E-state index in [0.717, 1.165) is 0 Å². The first-order chi connectivity index (χ1) is 8.22. The summed E-state index contributed by atoms with van der Waals surface area (Å²) in [6.45, 7) is 8.41. The van der Waals surface area contributed by atoms with Crippen molar-refractivity contribution < 1.29 is 20.2 Å². The van der Waals surface area contributed by atoms with Crippen LogP contribution in [0.2, 0.25) is 4.43 Å². The molecule has 1 saturated carbocycles. The van der Waals surface area contributed by atoms with Gasteiger partial charge in [0.25, 0.3) is 0 Å². The molecule has 2 heteroatoms. The minimum atomic E-state index is -0.113. The zero-order valence-electron chi connectivity index (χ0n) is 12.4. The summed E-state index contributed by atoms with van der Waals surface area (Å²) in [5, 5.41) is 0. The Morgan fingerprint density at radius 3 is 1.65 bits per heavy atom. The third-order valence-corrected chi connectivity index (χ3v) is 2.77. The average Bonchev–Trinajstić information content (AvgIpc) is 2.33. The van der Waals surface area contributed by atoms with Crippen molar-refractivity contribution in [1.29, 1.82) is 0 Å². The number of allylic oxidation sites excluding steroid dienone is 1. The molecule has 0 nitrogen and oxygen atoms in total. The van der Waals surface area contributed by atoms with Crippen LogP contribution >= 0.6 is 17.7 Å². The van der Waals surface area contributed by atoms with E-state index in [1.54, 1.807) is 0 Å². The predicted octanol–water partition coefficient (Wildman–Crippen LogP) is 6.95. The standard InChI is InChI=1S/C7H12.C7H16.CH3.Hg.HI/c1-7-5-3-2-4-6-7;1-3-5-7-6-4-2;;;/h1-6H2;3-7H2,1-2H3;1H3;;1H/q;;;+1;/p-1. The second-order valence-corrected chi connectivity index (χ2v) is 20.1. The van der Waals surface area contributed by atoms with E-state index >= 15 is 0 Å². The van der Waals surface area contributed by atoms with Crippen LogP contribution in [0, 0.1) is 0 Å². The van der Waals surface area contributed by atoms with Gasteiger partial charge in [0.1, 0.15) is 0 Å². The number of hydrogen-bond acceptors (Lipinski definition) is 0.